The summed E-state index contributed by atoms with van der Waals surface area (Å²) in [6, 6.07) is 21.7. The third-order valence-electron chi connectivity index (χ3n) is 11.2. The summed E-state index contributed by atoms with van der Waals surface area (Å²) >= 11 is 0. The van der Waals surface area contributed by atoms with Crippen LogP contribution in [0.15, 0.2) is 94.7 Å². The van der Waals surface area contributed by atoms with Crippen LogP contribution in [0.5, 0.6) is 34.5 Å². The van der Waals surface area contributed by atoms with Gasteiger partial charge in [0.2, 0.25) is 0 Å². The summed E-state index contributed by atoms with van der Waals surface area (Å²) in [6.07, 6.45) is 33.5. The van der Waals surface area contributed by atoms with Crippen molar-refractivity contribution >= 4 is 58.0 Å². The molecule has 0 aliphatic rings. The first kappa shape index (κ1) is 58.3. The monoisotopic (exact) mass is 962 g/mol. The third kappa shape index (κ3) is 26.9. The molecule has 10 nitrogen and oxygen atoms in total. The zero-order valence-corrected chi connectivity index (χ0v) is 43.0. The van der Waals surface area contributed by atoms with Gasteiger partial charge in [-0.05, 0) is 73.2 Å². The Labute approximate surface area is 421 Å². The molecule has 65 heavy (non-hydrogen) atoms. The summed E-state index contributed by atoms with van der Waals surface area (Å²) in [4.78, 5) is -0.979. The van der Waals surface area contributed by atoms with Gasteiger partial charge in [-0.15, -0.1) is 5.75 Å². The second kappa shape index (κ2) is 33.6. The van der Waals surface area contributed by atoms with E-state index in [1.54, 1.807) is 12.1 Å². The number of hydrogen-bond acceptors (Lipinski definition) is 9. The number of phenols is 1. The smallest absolute Gasteiger partial charge is 0.872 e. The van der Waals surface area contributed by atoms with E-state index in [9.17, 15) is 36.2 Å². The van der Waals surface area contributed by atoms with Crippen molar-refractivity contribution in [3.63, 3.8) is 0 Å². The van der Waals surface area contributed by atoms with Crippen LogP contribution in [0.1, 0.15) is 179 Å². The Hall–Kier alpha value is -2.84. The number of ether oxygens (including phenoxy) is 2. The van der Waals surface area contributed by atoms with Crippen molar-refractivity contribution in [2.45, 2.75) is 191 Å². The van der Waals surface area contributed by atoms with E-state index < -0.39 is 35.8 Å². The van der Waals surface area contributed by atoms with Gasteiger partial charge in [-0.25, -0.2) is 8.42 Å². The van der Waals surface area contributed by atoms with E-state index in [2.05, 4.69) is 19.9 Å². The predicted molar refractivity (Wildman–Crippen MR) is 260 cm³/mol. The summed E-state index contributed by atoms with van der Waals surface area (Å²) in [5, 5.41) is 21.4. The van der Waals surface area contributed by atoms with E-state index in [1.165, 1.54) is 159 Å². The molecule has 0 bridgehead atoms. The fraction of sp³-hybridized carbons (Fsp3) is 0.538. The molecule has 0 heterocycles. The van der Waals surface area contributed by atoms with Crippen molar-refractivity contribution in [3.8, 4) is 34.5 Å². The summed E-state index contributed by atoms with van der Waals surface area (Å²) in [5.74, 6) is 0.413. The molecule has 4 rings (SSSR count). The van der Waals surface area contributed by atoms with Crippen molar-refractivity contribution in [1.29, 1.82) is 0 Å². The quantitative estimate of drug-likeness (QED) is 0.0272. The summed E-state index contributed by atoms with van der Waals surface area (Å²) in [7, 11) is -9.13. The summed E-state index contributed by atoms with van der Waals surface area (Å²) in [6.45, 7) is 4.51. The number of hydrogen-bond donors (Lipinski definition) is 2. The number of rotatable bonds is 32. The first-order chi connectivity index (χ1) is 30.8. The van der Waals surface area contributed by atoms with Crippen LogP contribution in [0, 0.1) is 0 Å². The Bertz CT molecular complexity index is 1970. The maximum Gasteiger partial charge on any atom is 2.00 e. The molecule has 0 aliphatic heterocycles. The fourth-order valence-corrected chi connectivity index (χ4v) is 8.71. The number of phenolic OH excluding ortho intramolecular Hbond substituents is 1. The molecule has 356 valence electrons. The van der Waals surface area contributed by atoms with E-state index in [-0.39, 0.29) is 55.0 Å². The van der Waals surface area contributed by atoms with E-state index in [4.69, 9.17) is 9.47 Å². The summed E-state index contributed by atoms with van der Waals surface area (Å²) < 4.78 is 76.8. The number of benzene rings is 4. The molecule has 0 radical (unpaired) electrons. The van der Waals surface area contributed by atoms with Crippen LogP contribution in [0.25, 0.3) is 0 Å². The van der Waals surface area contributed by atoms with Crippen LogP contribution in [-0.2, 0) is 33.1 Å². The molecule has 0 aromatic heterocycles. The van der Waals surface area contributed by atoms with Gasteiger partial charge in [0.1, 0.15) is 43.8 Å². The number of aryl methyl sites for hydroxylation is 2. The van der Waals surface area contributed by atoms with Gasteiger partial charge in [0, 0.05) is 18.2 Å². The van der Waals surface area contributed by atoms with Crippen molar-refractivity contribution in [1.82, 2.24) is 0 Å². The molecule has 0 fully saturated rings. The standard InChI is InChI=1S/2C26H38O5S.Ca/c2*1-2-3-4-5-6-7-8-9-10-11-12-13-15-22-16-14-17-24(18-22)31-25-19-23(27)20-26(21-25)32(28,29)30;/h2*14,16-21,27H,2-13,15H2,1H3,(H,28,29,30);/q;;+2/p-2. The van der Waals surface area contributed by atoms with Gasteiger partial charge in [-0.3, -0.25) is 4.55 Å². The SMILES string of the molecule is CCCCCCCCCCCCCCc1cccc(Oc2cc(O)cc(S(=O)(=O)O)c2)c1.CCCCCCCCCCCCCCc1cccc(Oc2cc([O-])cc(S(=O)(=O)[O-])c2)c1.[Ca+2]. The zero-order chi connectivity index (χ0) is 46.5. The maximum atomic E-state index is 11.7. The van der Waals surface area contributed by atoms with Gasteiger partial charge in [0.25, 0.3) is 10.1 Å². The van der Waals surface area contributed by atoms with Crippen LogP contribution in [-0.4, -0.2) is 68.8 Å². The van der Waals surface area contributed by atoms with Gasteiger partial charge in [-0.2, -0.15) is 8.42 Å². The molecule has 0 saturated carbocycles. The maximum absolute atomic E-state index is 11.7. The topological polar surface area (TPSA) is 173 Å². The van der Waals surface area contributed by atoms with Crippen LogP contribution < -0.4 is 14.6 Å². The second-order valence-corrected chi connectivity index (χ2v) is 19.8. The summed E-state index contributed by atoms with van der Waals surface area (Å²) in [5.41, 5.74) is 2.29. The number of aromatic hydroxyl groups is 1. The first-order valence-corrected chi connectivity index (χ1v) is 26.7. The molecule has 0 atom stereocenters. The molecular weight excluding hydrogens is 889 g/mol. The molecule has 4 aromatic rings. The average molecular weight is 963 g/mol. The van der Waals surface area contributed by atoms with E-state index in [1.807, 2.05) is 30.3 Å². The molecule has 0 unspecified atom stereocenters. The largest absolute Gasteiger partial charge is 2.00 e. The average Bonchev–Trinajstić information content (AvgIpc) is 3.24. The Kier molecular flexibility index (Phi) is 30.1. The molecular formula is C52H74CaO10S2. The fourth-order valence-electron chi connectivity index (χ4n) is 7.65. The van der Waals surface area contributed by atoms with Crippen molar-refractivity contribution in [2.24, 2.45) is 0 Å². The molecule has 0 aliphatic carbocycles. The molecule has 4 aromatic carbocycles. The minimum Gasteiger partial charge on any atom is -0.872 e. The zero-order valence-electron chi connectivity index (χ0n) is 39.2. The van der Waals surface area contributed by atoms with Crippen molar-refractivity contribution in [2.75, 3.05) is 0 Å². The second-order valence-electron chi connectivity index (χ2n) is 17.0. The van der Waals surface area contributed by atoms with Crippen LogP contribution >= 0.6 is 0 Å². The van der Waals surface area contributed by atoms with Crippen molar-refractivity contribution < 1.29 is 45.6 Å². The molecule has 0 saturated heterocycles. The Morgan fingerprint density at radius 2 is 0.831 bits per heavy atom. The normalized spacial score (nSPS) is 11.4. The van der Waals surface area contributed by atoms with E-state index in [0.717, 1.165) is 55.0 Å². The van der Waals surface area contributed by atoms with Gasteiger partial charge < -0.3 is 24.2 Å². The Balaban J connectivity index is 0.000000440. The van der Waals surface area contributed by atoms with Crippen LogP contribution in [0.4, 0.5) is 0 Å². The minimum absolute atomic E-state index is 0. The van der Waals surface area contributed by atoms with Gasteiger partial charge >= 0.3 is 37.7 Å². The first-order valence-electron chi connectivity index (χ1n) is 23.9. The van der Waals surface area contributed by atoms with Gasteiger partial charge in [0.05, 0.1) is 4.90 Å². The molecule has 0 spiro atoms. The van der Waals surface area contributed by atoms with E-state index in [0.29, 0.717) is 11.5 Å². The van der Waals surface area contributed by atoms with Crippen LogP contribution in [0.2, 0.25) is 0 Å². The van der Waals surface area contributed by atoms with E-state index >= 15 is 0 Å². The van der Waals surface area contributed by atoms with Crippen LogP contribution in [0.3, 0.4) is 0 Å². The predicted octanol–water partition coefficient (Wildman–Crippen LogP) is 14.0. The Morgan fingerprint density at radius 3 is 1.22 bits per heavy atom. The molecule has 2 N–H and O–H groups in total. The van der Waals surface area contributed by atoms with Gasteiger partial charge in [-0.1, -0.05) is 185 Å². The molecule has 13 heteroatoms. The van der Waals surface area contributed by atoms with Gasteiger partial charge in [0.15, 0.2) is 0 Å². The minimum atomic E-state index is -4.71. The van der Waals surface area contributed by atoms with Crippen molar-refractivity contribution in [3.05, 3.63) is 96.1 Å². The Morgan fingerprint density at radius 1 is 0.462 bits per heavy atom. The number of unbranched alkanes of at least 4 members (excludes halogenated alkanes) is 22. The third-order valence-corrected chi connectivity index (χ3v) is 12.9. The molecule has 0 amide bonds.